The highest BCUT2D eigenvalue weighted by atomic mass is 79.9. The van der Waals surface area contributed by atoms with Gasteiger partial charge in [-0.05, 0) is 46.6 Å². The molecule has 0 atom stereocenters. The van der Waals surface area contributed by atoms with Gasteiger partial charge in [-0.25, -0.2) is 4.39 Å². The van der Waals surface area contributed by atoms with Gasteiger partial charge >= 0.3 is 0 Å². The Kier molecular flexibility index (Phi) is 4.90. The van der Waals surface area contributed by atoms with Crippen LogP contribution in [0.1, 0.15) is 12.5 Å². The average molecular weight is 319 g/mol. The van der Waals surface area contributed by atoms with E-state index in [9.17, 15) is 9.18 Å². The van der Waals surface area contributed by atoms with Crippen molar-refractivity contribution in [3.8, 4) is 0 Å². The van der Waals surface area contributed by atoms with Gasteiger partial charge in [0.2, 0.25) is 0 Å². The topological polar surface area (TPSA) is 43.1 Å². The van der Waals surface area contributed by atoms with Gasteiger partial charge in [0.25, 0.3) is 0 Å². The molecular weight excluding hydrogens is 308 g/mol. The zero-order valence-electron chi connectivity index (χ0n) is 9.01. The Morgan fingerprint density at radius 3 is 2.76 bits per heavy atom. The van der Waals surface area contributed by atoms with Crippen LogP contribution in [0, 0.1) is 5.82 Å². The minimum absolute atomic E-state index is 0.140. The number of allylic oxidation sites excluding steroid dienone is 2. The van der Waals surface area contributed by atoms with Crippen LogP contribution in [0.3, 0.4) is 0 Å². The van der Waals surface area contributed by atoms with E-state index in [2.05, 4.69) is 15.9 Å². The summed E-state index contributed by atoms with van der Waals surface area (Å²) in [6.07, 6.45) is 4.44. The normalized spacial score (nSPS) is 12.1. The Morgan fingerprint density at radius 2 is 2.18 bits per heavy atom. The van der Waals surface area contributed by atoms with Crippen molar-refractivity contribution in [2.45, 2.75) is 6.92 Å². The van der Waals surface area contributed by atoms with E-state index in [1.165, 1.54) is 31.2 Å². The third kappa shape index (κ3) is 4.32. The number of benzene rings is 1. The van der Waals surface area contributed by atoms with Crippen LogP contribution < -0.4 is 5.73 Å². The van der Waals surface area contributed by atoms with Gasteiger partial charge in [-0.15, -0.1) is 0 Å². The van der Waals surface area contributed by atoms with E-state index in [0.29, 0.717) is 15.7 Å². The van der Waals surface area contributed by atoms with E-state index in [1.54, 1.807) is 6.08 Å². The van der Waals surface area contributed by atoms with Crippen LogP contribution in [0.25, 0.3) is 6.08 Å². The first kappa shape index (κ1) is 13.9. The molecule has 0 aliphatic rings. The molecule has 1 rings (SSSR count). The van der Waals surface area contributed by atoms with Crippen LogP contribution >= 0.6 is 27.5 Å². The van der Waals surface area contributed by atoms with E-state index in [1.807, 2.05) is 0 Å². The molecule has 1 aromatic rings. The Bertz CT molecular complexity index is 511. The molecule has 5 heteroatoms. The SMILES string of the molecule is CC(=O)/C=C(N)/C=C/c1cc(Br)c(F)cc1Cl. The Hall–Kier alpha value is -1.13. The second kappa shape index (κ2) is 5.98. The van der Waals surface area contributed by atoms with Crippen LogP contribution in [0.2, 0.25) is 5.02 Å². The number of carbonyl (C=O) groups excluding carboxylic acids is 1. The summed E-state index contributed by atoms with van der Waals surface area (Å²) in [5.41, 5.74) is 6.49. The molecule has 0 bridgehead atoms. The summed E-state index contributed by atoms with van der Waals surface area (Å²) in [6.45, 7) is 1.40. The third-order valence-corrected chi connectivity index (χ3v) is 2.80. The highest BCUT2D eigenvalue weighted by Gasteiger charge is 2.04. The number of carbonyl (C=O) groups is 1. The molecule has 0 radical (unpaired) electrons. The van der Waals surface area contributed by atoms with Crippen LogP contribution in [-0.2, 0) is 4.79 Å². The smallest absolute Gasteiger partial charge is 0.154 e. The number of hydrogen-bond acceptors (Lipinski definition) is 2. The molecule has 90 valence electrons. The van der Waals surface area contributed by atoms with Crippen molar-refractivity contribution in [2.24, 2.45) is 5.73 Å². The molecule has 0 unspecified atom stereocenters. The van der Waals surface area contributed by atoms with Gasteiger partial charge in [-0.3, -0.25) is 4.79 Å². The van der Waals surface area contributed by atoms with Gasteiger partial charge in [0.05, 0.1) is 9.50 Å². The molecule has 17 heavy (non-hydrogen) atoms. The zero-order valence-corrected chi connectivity index (χ0v) is 11.3. The maximum absolute atomic E-state index is 13.1. The standard InChI is InChI=1S/C12H10BrClFNO/c1-7(17)4-9(16)3-2-8-5-10(13)12(15)6-11(8)14/h2-6H,16H2,1H3/b3-2+,9-4-. The summed E-state index contributed by atoms with van der Waals surface area (Å²) >= 11 is 8.91. The number of nitrogens with two attached hydrogens (primary N) is 1. The van der Waals surface area contributed by atoms with Gasteiger partial charge < -0.3 is 5.73 Å². The molecule has 0 saturated carbocycles. The van der Waals surface area contributed by atoms with Crippen molar-refractivity contribution >= 4 is 39.4 Å². The van der Waals surface area contributed by atoms with Crippen molar-refractivity contribution in [3.63, 3.8) is 0 Å². The Balaban J connectivity index is 3.00. The summed E-state index contributed by atoms with van der Waals surface area (Å²) < 4.78 is 13.4. The minimum Gasteiger partial charge on any atom is -0.399 e. The lowest BCUT2D eigenvalue weighted by Crippen LogP contribution is -1.96. The minimum atomic E-state index is -0.431. The van der Waals surface area contributed by atoms with Crippen LogP contribution in [0.5, 0.6) is 0 Å². The summed E-state index contributed by atoms with van der Waals surface area (Å²) in [6, 6.07) is 2.74. The van der Waals surface area contributed by atoms with Crippen LogP contribution in [0.4, 0.5) is 4.39 Å². The Morgan fingerprint density at radius 1 is 1.53 bits per heavy atom. The highest BCUT2D eigenvalue weighted by molar-refractivity contribution is 9.10. The molecule has 0 heterocycles. The summed E-state index contributed by atoms with van der Waals surface area (Å²) in [5.74, 6) is -0.571. The second-order valence-corrected chi connectivity index (χ2v) is 4.64. The van der Waals surface area contributed by atoms with Gasteiger partial charge in [-0.2, -0.15) is 0 Å². The van der Waals surface area contributed by atoms with Crippen molar-refractivity contribution in [2.75, 3.05) is 0 Å². The van der Waals surface area contributed by atoms with E-state index in [0.717, 1.165) is 0 Å². The monoisotopic (exact) mass is 317 g/mol. The molecule has 0 aromatic heterocycles. The van der Waals surface area contributed by atoms with Crippen molar-refractivity contribution < 1.29 is 9.18 Å². The lowest BCUT2D eigenvalue weighted by Gasteiger charge is -2.01. The summed E-state index contributed by atoms with van der Waals surface area (Å²) in [4.78, 5) is 10.8. The molecule has 0 spiro atoms. The maximum Gasteiger partial charge on any atom is 0.154 e. The summed E-state index contributed by atoms with van der Waals surface area (Å²) in [7, 11) is 0. The first-order chi connectivity index (χ1) is 7.90. The molecule has 0 aliphatic carbocycles. The number of ketones is 1. The number of hydrogen-bond donors (Lipinski definition) is 1. The fourth-order valence-corrected chi connectivity index (χ4v) is 1.71. The number of rotatable bonds is 3. The van der Waals surface area contributed by atoms with E-state index >= 15 is 0 Å². The van der Waals surface area contributed by atoms with E-state index < -0.39 is 5.82 Å². The fraction of sp³-hybridized carbons (Fsp3) is 0.0833. The number of halogens is 3. The van der Waals surface area contributed by atoms with E-state index in [-0.39, 0.29) is 10.8 Å². The quantitative estimate of drug-likeness (QED) is 0.525. The predicted molar refractivity (Wildman–Crippen MR) is 71.1 cm³/mol. The average Bonchev–Trinajstić information content (AvgIpc) is 2.20. The van der Waals surface area contributed by atoms with Gasteiger partial charge in [0, 0.05) is 11.8 Å². The molecule has 2 nitrogen and oxygen atoms in total. The van der Waals surface area contributed by atoms with Crippen molar-refractivity contribution in [1.29, 1.82) is 0 Å². The van der Waals surface area contributed by atoms with Gasteiger partial charge in [-0.1, -0.05) is 17.7 Å². The zero-order chi connectivity index (χ0) is 13.0. The molecule has 0 aliphatic heterocycles. The maximum atomic E-state index is 13.1. The third-order valence-electron chi connectivity index (χ3n) is 1.86. The van der Waals surface area contributed by atoms with Crippen LogP contribution in [0.15, 0.2) is 34.5 Å². The van der Waals surface area contributed by atoms with Crippen molar-refractivity contribution in [3.05, 3.63) is 50.9 Å². The largest absolute Gasteiger partial charge is 0.399 e. The molecule has 2 N–H and O–H groups in total. The first-order valence-corrected chi connectivity index (χ1v) is 5.87. The van der Waals surface area contributed by atoms with Gasteiger partial charge in [0.1, 0.15) is 5.82 Å². The fourth-order valence-electron chi connectivity index (χ4n) is 1.13. The predicted octanol–water partition coefficient (Wildman–Crippen LogP) is 3.69. The molecular formula is C12H10BrClFNO. The molecule has 1 aromatic carbocycles. The summed E-state index contributed by atoms with van der Waals surface area (Å²) in [5, 5.41) is 0.276. The lowest BCUT2D eigenvalue weighted by atomic mass is 10.2. The second-order valence-electron chi connectivity index (χ2n) is 3.38. The van der Waals surface area contributed by atoms with Crippen LogP contribution in [-0.4, -0.2) is 5.78 Å². The molecule has 0 amide bonds. The van der Waals surface area contributed by atoms with Gasteiger partial charge in [0.15, 0.2) is 5.78 Å². The van der Waals surface area contributed by atoms with Crippen molar-refractivity contribution in [1.82, 2.24) is 0 Å². The lowest BCUT2D eigenvalue weighted by molar-refractivity contribution is -0.112. The first-order valence-electron chi connectivity index (χ1n) is 4.70. The molecule has 0 fully saturated rings. The highest BCUT2D eigenvalue weighted by Crippen LogP contribution is 2.25. The Labute approximate surface area is 112 Å². The van der Waals surface area contributed by atoms with E-state index in [4.69, 9.17) is 17.3 Å². The molecule has 0 saturated heterocycles.